The van der Waals surface area contributed by atoms with Crippen molar-refractivity contribution < 1.29 is 5.11 Å². The van der Waals surface area contributed by atoms with Gasteiger partial charge in [0.05, 0.1) is 12.1 Å². The van der Waals surface area contributed by atoms with Gasteiger partial charge >= 0.3 is 0 Å². The maximum atomic E-state index is 11.5. The maximum absolute atomic E-state index is 11.5. The van der Waals surface area contributed by atoms with Gasteiger partial charge in [-0.15, -0.1) is 24.0 Å². The van der Waals surface area contributed by atoms with Gasteiger partial charge in [-0.1, -0.05) is 12.1 Å². The van der Waals surface area contributed by atoms with Crippen LogP contribution in [-0.2, 0) is 0 Å². The summed E-state index contributed by atoms with van der Waals surface area (Å²) in [6.45, 7) is 2.54. The van der Waals surface area contributed by atoms with Crippen molar-refractivity contribution in [3.63, 3.8) is 0 Å². The Kier molecular flexibility index (Phi) is 3.35. The van der Waals surface area contributed by atoms with Gasteiger partial charge in [0.25, 0.3) is 0 Å². The van der Waals surface area contributed by atoms with E-state index in [0.717, 1.165) is 41.2 Å². The van der Waals surface area contributed by atoms with Crippen molar-refractivity contribution in [3.8, 4) is 0 Å². The van der Waals surface area contributed by atoms with Gasteiger partial charge in [-0.2, -0.15) is 0 Å². The van der Waals surface area contributed by atoms with Crippen molar-refractivity contribution in [2.75, 3.05) is 11.9 Å². The highest BCUT2D eigenvalue weighted by Crippen LogP contribution is 2.85. The number of nitrogens with zero attached hydrogens (tertiary/aromatic N) is 1. The van der Waals surface area contributed by atoms with Crippen LogP contribution in [0.5, 0.6) is 0 Å². The van der Waals surface area contributed by atoms with Gasteiger partial charge in [-0.05, 0) is 84.8 Å². The molecule has 134 valence electrons. The van der Waals surface area contributed by atoms with Crippen molar-refractivity contribution >= 4 is 35.6 Å². The predicted octanol–water partition coefficient (Wildman–Crippen LogP) is 2.85. The average Bonchev–Trinajstić information content (AvgIpc) is 3.04. The van der Waals surface area contributed by atoms with E-state index in [2.05, 4.69) is 29.4 Å². The summed E-state index contributed by atoms with van der Waals surface area (Å²) in [6.07, 6.45) is 2.78. The molecule has 0 amide bonds. The Balaban J connectivity index is 0.00000140. The fourth-order valence-corrected chi connectivity index (χ4v) is 8.06. The number of aliphatic hydroxyl groups is 1. The molecule has 0 radical (unpaired) electrons. The zero-order valence-corrected chi connectivity index (χ0v) is 16.8. The van der Waals surface area contributed by atoms with Gasteiger partial charge in [0, 0.05) is 5.69 Å². The number of halogens is 1. The minimum absolute atomic E-state index is 0. The molecule has 1 aromatic carbocycles. The van der Waals surface area contributed by atoms with Crippen LogP contribution in [0.15, 0.2) is 29.3 Å². The topological polar surface area (TPSA) is 70.6 Å². The Morgan fingerprint density at radius 3 is 2.76 bits per heavy atom. The Morgan fingerprint density at radius 2 is 1.96 bits per heavy atom. The van der Waals surface area contributed by atoms with Gasteiger partial charge in [0.15, 0.2) is 5.96 Å². The second kappa shape index (κ2) is 5.12. The first-order valence-corrected chi connectivity index (χ1v) is 9.44. The van der Waals surface area contributed by atoms with Gasteiger partial charge in [-0.3, -0.25) is 4.99 Å². The van der Waals surface area contributed by atoms with Crippen LogP contribution in [0, 0.1) is 54.3 Å². The smallest absolute Gasteiger partial charge is 0.193 e. The number of hydrogen-bond donors (Lipinski definition) is 3. The Labute approximate surface area is 165 Å². The van der Waals surface area contributed by atoms with E-state index in [4.69, 9.17) is 5.73 Å². The summed E-state index contributed by atoms with van der Waals surface area (Å²) in [5.74, 6) is 6.52. The van der Waals surface area contributed by atoms with Gasteiger partial charge in [0.1, 0.15) is 0 Å². The minimum atomic E-state index is -0.580. The first-order valence-electron chi connectivity index (χ1n) is 9.44. The molecule has 0 aromatic heterocycles. The lowest BCUT2D eigenvalue weighted by Crippen LogP contribution is -2.56. The van der Waals surface area contributed by atoms with E-state index in [1.54, 1.807) is 0 Å². The van der Waals surface area contributed by atoms with Crippen molar-refractivity contribution in [2.45, 2.75) is 25.4 Å². The quantitative estimate of drug-likeness (QED) is 0.376. The Bertz CT molecular complexity index is 761. The number of hydrogen-bond acceptors (Lipinski definition) is 2. The fraction of sp³-hybridized carbons (Fsp3) is 0.650. The molecule has 5 fully saturated rings. The number of fused-ring (bicyclic) bond motifs is 2. The molecule has 9 unspecified atom stereocenters. The Hall–Kier alpha value is -0.820. The lowest BCUT2D eigenvalue weighted by Gasteiger charge is -2.51. The molecule has 0 spiro atoms. The Morgan fingerprint density at radius 1 is 1.20 bits per heavy atom. The summed E-state index contributed by atoms with van der Waals surface area (Å²) in [5.41, 5.74) is 7.68. The standard InChI is InChI=1S/C20H25N3O.HI/c1-9-3-2-4-10(5-9)23-19(21)22-8-20(24)17-12-7-13-15-11(12)6-14(17)16(15)18(13)20;/h2-5,11-18,24H,6-8H2,1H3,(H3,21,22,23);1H. The summed E-state index contributed by atoms with van der Waals surface area (Å²) in [6, 6.07) is 8.12. The molecule has 1 aromatic rings. The molecule has 9 atom stereocenters. The lowest BCUT2D eigenvalue weighted by atomic mass is 9.56. The number of guanidine groups is 1. The molecule has 4 N–H and O–H groups in total. The molecule has 0 aliphatic heterocycles. The number of anilines is 1. The molecule has 5 saturated carbocycles. The predicted molar refractivity (Wildman–Crippen MR) is 109 cm³/mol. The third-order valence-corrected chi connectivity index (χ3v) is 8.31. The van der Waals surface area contributed by atoms with Crippen LogP contribution in [0.1, 0.15) is 18.4 Å². The maximum Gasteiger partial charge on any atom is 0.193 e. The second-order valence-electron chi connectivity index (χ2n) is 9.02. The fourth-order valence-electron chi connectivity index (χ4n) is 8.06. The van der Waals surface area contributed by atoms with Crippen LogP contribution >= 0.6 is 24.0 Å². The summed E-state index contributed by atoms with van der Waals surface area (Å²) in [7, 11) is 0. The van der Waals surface area contributed by atoms with E-state index < -0.39 is 5.60 Å². The first-order chi connectivity index (χ1) is 11.6. The molecule has 5 aliphatic rings. The largest absolute Gasteiger partial charge is 0.387 e. The van der Waals surface area contributed by atoms with Crippen LogP contribution in [0.4, 0.5) is 5.69 Å². The third kappa shape index (κ3) is 1.84. The van der Waals surface area contributed by atoms with Gasteiger partial charge in [0.2, 0.25) is 0 Å². The van der Waals surface area contributed by atoms with Crippen LogP contribution < -0.4 is 11.1 Å². The molecular formula is C20H26IN3O. The van der Waals surface area contributed by atoms with E-state index in [-0.39, 0.29) is 24.0 Å². The van der Waals surface area contributed by atoms with Gasteiger partial charge in [-0.25, -0.2) is 0 Å². The molecule has 25 heavy (non-hydrogen) atoms. The van der Waals surface area contributed by atoms with Crippen LogP contribution in [0.3, 0.4) is 0 Å². The van der Waals surface area contributed by atoms with Crippen LogP contribution in [0.2, 0.25) is 0 Å². The number of benzene rings is 1. The SMILES string of the molecule is Cc1cccc(NC(N)=NCC2(O)C3C4CC5C6C4CC3C6C52)c1.I. The normalized spacial score (nSPS) is 50.1. The van der Waals surface area contributed by atoms with Crippen LogP contribution in [-0.4, -0.2) is 23.2 Å². The second-order valence-corrected chi connectivity index (χ2v) is 9.02. The van der Waals surface area contributed by atoms with Crippen molar-refractivity contribution in [1.82, 2.24) is 0 Å². The molecule has 5 aliphatic carbocycles. The summed E-state index contributed by atoms with van der Waals surface area (Å²) < 4.78 is 0. The van der Waals surface area contributed by atoms with Crippen molar-refractivity contribution in [2.24, 2.45) is 58.1 Å². The highest BCUT2D eigenvalue weighted by atomic mass is 127. The monoisotopic (exact) mass is 451 g/mol. The van der Waals surface area contributed by atoms with Crippen LogP contribution in [0.25, 0.3) is 0 Å². The van der Waals surface area contributed by atoms with Crippen molar-refractivity contribution in [1.29, 1.82) is 0 Å². The molecule has 0 heterocycles. The van der Waals surface area contributed by atoms with Crippen molar-refractivity contribution in [3.05, 3.63) is 29.8 Å². The van der Waals surface area contributed by atoms with E-state index in [9.17, 15) is 5.11 Å². The average molecular weight is 451 g/mol. The summed E-state index contributed by atoms with van der Waals surface area (Å²) >= 11 is 0. The number of nitrogens with two attached hydrogens (primary N) is 1. The summed E-state index contributed by atoms with van der Waals surface area (Å²) in [4.78, 5) is 4.58. The molecular weight excluding hydrogens is 425 g/mol. The number of aryl methyl sites for hydroxylation is 1. The highest BCUT2D eigenvalue weighted by Gasteiger charge is 2.84. The zero-order valence-electron chi connectivity index (χ0n) is 14.4. The lowest BCUT2D eigenvalue weighted by molar-refractivity contribution is -0.123. The van der Waals surface area contributed by atoms with E-state index in [0.29, 0.717) is 24.3 Å². The minimum Gasteiger partial charge on any atom is -0.387 e. The van der Waals surface area contributed by atoms with Gasteiger partial charge < -0.3 is 16.2 Å². The molecule has 4 nitrogen and oxygen atoms in total. The molecule has 6 rings (SSSR count). The van der Waals surface area contributed by atoms with E-state index >= 15 is 0 Å². The molecule has 5 heteroatoms. The highest BCUT2D eigenvalue weighted by molar-refractivity contribution is 14.0. The summed E-state index contributed by atoms with van der Waals surface area (Å²) in [5, 5.41) is 14.7. The zero-order chi connectivity index (χ0) is 16.2. The first kappa shape index (κ1) is 16.4. The third-order valence-electron chi connectivity index (χ3n) is 8.31. The molecule has 0 saturated heterocycles. The number of aliphatic imine (C=N–C) groups is 1. The number of rotatable bonds is 3. The van der Waals surface area contributed by atoms with E-state index in [1.807, 2.05) is 12.1 Å². The molecule has 2 bridgehead atoms. The number of nitrogens with one attached hydrogen (secondary N) is 1. The van der Waals surface area contributed by atoms with E-state index in [1.165, 1.54) is 18.4 Å².